The molecule has 0 radical (unpaired) electrons. The number of aromatic amines is 2. The molecule has 0 unspecified atom stereocenters. The number of hydrogen-bond donors (Lipinski definition) is 20. The van der Waals surface area contributed by atoms with Crippen molar-refractivity contribution < 1.29 is 121 Å². The molecular weight excluding hydrogens is 1770 g/mol. The van der Waals surface area contributed by atoms with Gasteiger partial charge in [-0.05, 0) is 92.8 Å². The summed E-state index contributed by atoms with van der Waals surface area (Å²) in [5.74, 6) is -23.8. The maximum Gasteiger partial charge on any atom is 0.303 e. The highest BCUT2D eigenvalue weighted by Gasteiger charge is 2.47. The fraction of sp³-hybridized carbons (Fsp3) is 0.523. The number of amides is 17. The first-order valence-corrected chi connectivity index (χ1v) is 45.3. The van der Waals surface area contributed by atoms with Gasteiger partial charge in [0.2, 0.25) is 100 Å². The van der Waals surface area contributed by atoms with E-state index in [1.54, 1.807) is 68.6 Å². The van der Waals surface area contributed by atoms with E-state index in [9.17, 15) is 87.9 Å². The molecule has 3 fully saturated rings. The zero-order chi connectivity index (χ0) is 98.5. The van der Waals surface area contributed by atoms with E-state index in [2.05, 4.69) is 63.1 Å². The predicted molar refractivity (Wildman–Crippen MR) is 481 cm³/mol. The number of aromatic hydroxyl groups is 1. The molecule has 3 aromatic carbocycles. The molecular formula is C88H120N20O25S. The first-order valence-electron chi connectivity index (χ1n) is 44.1. The molecule has 0 aliphatic carbocycles. The smallest absolute Gasteiger partial charge is 0.303 e. The van der Waals surface area contributed by atoms with E-state index in [-0.39, 0.29) is 63.7 Å². The second kappa shape index (κ2) is 50.2. The lowest BCUT2D eigenvalue weighted by molar-refractivity contribution is -0.149. The van der Waals surface area contributed by atoms with Gasteiger partial charge in [0.1, 0.15) is 90.3 Å². The van der Waals surface area contributed by atoms with Gasteiger partial charge in [-0.3, -0.25) is 95.9 Å². The summed E-state index contributed by atoms with van der Waals surface area (Å²) in [5.41, 5.74) is 19.5. The molecule has 3 aliphatic rings. The van der Waals surface area contributed by atoms with Crippen molar-refractivity contribution in [3.63, 3.8) is 0 Å². The number of aliphatic hydroxyl groups is 1. The number of carbonyl (C=O) groups is 20. The average Bonchev–Trinajstić information content (AvgIpc) is 1.55. The minimum absolute atomic E-state index is 0.0908. The normalized spacial score (nSPS) is 24.8. The van der Waals surface area contributed by atoms with Gasteiger partial charge >= 0.3 is 17.9 Å². The van der Waals surface area contributed by atoms with Gasteiger partial charge in [0, 0.05) is 126 Å². The minimum Gasteiger partial charge on any atom is -0.508 e. The summed E-state index contributed by atoms with van der Waals surface area (Å²) in [6.07, 6.45) is -4.20. The topological polar surface area (TPSA) is 689 Å². The average molecular weight is 1890 g/mol. The number of nitrogens with one attached hydrogen (secondary N) is 12. The number of primary amides is 2. The third-order valence-electron chi connectivity index (χ3n) is 23.6. The second-order valence-electron chi connectivity index (χ2n) is 33.4. The summed E-state index contributed by atoms with van der Waals surface area (Å²) in [6, 6.07) is -4.69. The molecule has 728 valence electrons. The van der Waals surface area contributed by atoms with Crippen LogP contribution < -0.4 is 70.4 Å². The number of carbonyl (C=O) groups excluding carboxylic acids is 17. The van der Waals surface area contributed by atoms with E-state index in [0.717, 1.165) is 31.5 Å². The van der Waals surface area contributed by atoms with Gasteiger partial charge in [-0.25, -0.2) is 0 Å². The fourth-order valence-electron chi connectivity index (χ4n) is 16.1. The van der Waals surface area contributed by atoms with E-state index < -0.39 is 298 Å². The van der Waals surface area contributed by atoms with Crippen LogP contribution in [0.2, 0.25) is 0 Å². The minimum atomic E-state index is -1.89. The van der Waals surface area contributed by atoms with E-state index in [0.29, 0.717) is 63.1 Å². The SMILES string of the molecule is CCCC[C@H]1C(=O)N(C)[C@@H](CCCC)C(=O)N[C@@H](CCC(=O)O)C(=O)N[C@H](C(=O)NCC(N)=O)CSCC(=O)N[C@@H](Cc2ccc(O)cc2)C(=O)N(C)[C@@H](C)C(=O)N[C@H](CC(N)=O)C(=O)N2CCC[C@H]2C(=O)N[C@@H](CN)C(=O)N[C@@H](CCC(=O)O)C(=O)N2C[C@H](O)C[C@H]2C(=O)N[C@@H](Cc2c[nH]c3ccccc23)C(=O)N[C@@H](CCC(=O)O)C(=O)N[C@@H](Cc2c[nH]c3ccccc23)C(=O)N1C. The highest BCUT2D eigenvalue weighted by atomic mass is 32.2. The molecule has 15 atom stereocenters. The summed E-state index contributed by atoms with van der Waals surface area (Å²) in [7, 11) is 3.69. The molecule has 2 aromatic heterocycles. The number of H-pyrrole nitrogens is 2. The van der Waals surface area contributed by atoms with E-state index >= 15 is 33.6 Å². The number of aromatic nitrogens is 2. The molecule has 23 N–H and O–H groups in total. The Morgan fingerprint density at radius 2 is 0.955 bits per heavy atom. The summed E-state index contributed by atoms with van der Waals surface area (Å²) in [4.78, 5) is 296. The molecule has 5 heterocycles. The molecule has 5 aromatic rings. The Morgan fingerprint density at radius 3 is 1.52 bits per heavy atom. The number of unbranched alkanes of at least 4 members (excludes halogenated alkanes) is 2. The van der Waals surface area contributed by atoms with Crippen LogP contribution >= 0.6 is 11.8 Å². The van der Waals surface area contributed by atoms with Crippen LogP contribution in [0, 0.1) is 0 Å². The highest BCUT2D eigenvalue weighted by molar-refractivity contribution is 8.00. The first-order chi connectivity index (χ1) is 63.6. The molecule has 17 amide bonds. The van der Waals surface area contributed by atoms with Crippen molar-refractivity contribution in [3.05, 3.63) is 102 Å². The van der Waals surface area contributed by atoms with Gasteiger partial charge in [0.15, 0.2) is 0 Å². The number of phenolic OH excluding ortho intramolecular Hbond substituents is 1. The standard InChI is InChI=1S/C88H120N20O25S/c1-7-9-20-65-81(126)97-57(28-31-73(116)117)78(123)103-64(76(121)94-42-70(91)112)44-134-45-71(113)95-60(34-47-23-25-50(109)26-24-47)84(129)104(4)46(3)75(120)100-62(38-69(90)111)87(132)107-33-15-22-66(107)82(127)102-63(39-89)80(125)98-58(29-32-74(118)119)86(131)108-43-51(110)37-68(108)83(128)99-59(35-48-40-92-54-18-13-11-16-52(48)54)79(124)96-56(27-30-72(114)115)77(122)101-61(36-49-41-93-55-19-14-12-17-53(49)55)85(130)106(6)67(21-10-8-2)88(133)105(65)5/h11-14,16-19,23-26,40-41,46,51,56-68,92-93,109-110H,7-10,15,20-22,27-39,42-45,89H2,1-6H3,(H2,90,111)(H2,91,112)(H,94,121)(H,95,113)(H,96,124)(H,97,126)(H,98,125)(H,99,128)(H,100,120)(H,101,122)(H,102,127)(H,103,123)(H,114,115)(H,116,117)(H,118,119)/t46-,51+,56-,57-,58-,59-,60-,61-,62+,63-,64-,65-,66-,67-,68-/m0/s1. The molecule has 0 bridgehead atoms. The lowest BCUT2D eigenvalue weighted by atomic mass is 9.99. The number of para-hydroxylation sites is 2. The number of fused-ring (bicyclic) bond motifs is 4. The number of rotatable bonds is 27. The van der Waals surface area contributed by atoms with Gasteiger partial charge in [-0.2, -0.15) is 0 Å². The quantitative estimate of drug-likeness (QED) is 0.0241. The van der Waals surface area contributed by atoms with Gasteiger partial charge in [0.05, 0.1) is 24.8 Å². The van der Waals surface area contributed by atoms with Crippen molar-refractivity contribution >= 4 is 152 Å². The second-order valence-corrected chi connectivity index (χ2v) is 34.5. The van der Waals surface area contributed by atoms with Crippen LogP contribution in [-0.4, -0.2) is 328 Å². The molecule has 46 heteroatoms. The van der Waals surface area contributed by atoms with Crippen molar-refractivity contribution in [1.82, 2.24) is 87.6 Å². The van der Waals surface area contributed by atoms with Crippen molar-refractivity contribution in [2.45, 2.75) is 233 Å². The number of benzene rings is 3. The number of aliphatic hydroxyl groups excluding tert-OH is 1. The summed E-state index contributed by atoms with van der Waals surface area (Å²) >= 11 is 0.682. The Balaban J connectivity index is 1.21. The zero-order valence-electron chi connectivity index (χ0n) is 75.2. The summed E-state index contributed by atoms with van der Waals surface area (Å²) in [6.45, 7) is 2.44. The van der Waals surface area contributed by atoms with Crippen LogP contribution in [0.5, 0.6) is 5.75 Å². The molecule has 3 aliphatic heterocycles. The summed E-state index contributed by atoms with van der Waals surface area (Å²) in [5, 5.41) is 77.9. The molecule has 3 saturated heterocycles. The number of aliphatic carboxylic acids is 3. The number of hydrogen-bond acceptors (Lipinski definition) is 24. The molecule has 0 spiro atoms. The van der Waals surface area contributed by atoms with Crippen LogP contribution in [0.15, 0.2) is 85.2 Å². The third-order valence-corrected chi connectivity index (χ3v) is 24.7. The van der Waals surface area contributed by atoms with Crippen molar-refractivity contribution in [2.75, 3.05) is 58.8 Å². The Bertz CT molecular complexity index is 5130. The number of nitrogens with two attached hydrogens (primary N) is 3. The number of phenols is 1. The fourth-order valence-corrected chi connectivity index (χ4v) is 17.0. The molecule has 45 nitrogen and oxygen atoms in total. The maximum absolute atomic E-state index is 15.8. The van der Waals surface area contributed by atoms with Crippen molar-refractivity contribution in [3.8, 4) is 5.75 Å². The lowest BCUT2D eigenvalue weighted by Gasteiger charge is -2.36. The monoisotopic (exact) mass is 1890 g/mol. The van der Waals surface area contributed by atoms with Gasteiger partial charge in [0.25, 0.3) is 0 Å². The van der Waals surface area contributed by atoms with Gasteiger partial charge in [-0.15, -0.1) is 11.8 Å². The number of likely N-dealkylation sites (N-methyl/N-ethyl adjacent to an activating group) is 3. The molecule has 0 saturated carbocycles. The third kappa shape index (κ3) is 29.6. The Morgan fingerprint density at radius 1 is 0.485 bits per heavy atom. The van der Waals surface area contributed by atoms with Gasteiger partial charge < -0.3 is 130 Å². The summed E-state index contributed by atoms with van der Waals surface area (Å²) < 4.78 is 0. The van der Waals surface area contributed by atoms with Crippen LogP contribution in [-0.2, 0) is 115 Å². The Kier molecular flexibility index (Phi) is 39.5. The molecule has 134 heavy (non-hydrogen) atoms. The van der Waals surface area contributed by atoms with E-state index in [1.807, 2.05) is 0 Å². The van der Waals surface area contributed by atoms with Crippen LogP contribution in [0.3, 0.4) is 0 Å². The highest BCUT2D eigenvalue weighted by Crippen LogP contribution is 2.28. The number of carboxylic acid groups (broad SMARTS) is 3. The number of thioether (sulfide) groups is 1. The maximum atomic E-state index is 15.8. The number of carboxylic acids is 3. The first kappa shape index (κ1) is 106. The van der Waals surface area contributed by atoms with E-state index in [1.165, 1.54) is 51.5 Å². The van der Waals surface area contributed by atoms with Crippen molar-refractivity contribution in [2.24, 2.45) is 17.2 Å². The zero-order valence-corrected chi connectivity index (χ0v) is 76.0. The number of nitrogens with zero attached hydrogens (tertiary/aromatic N) is 5. The van der Waals surface area contributed by atoms with Crippen molar-refractivity contribution in [1.29, 1.82) is 0 Å². The molecule has 8 rings (SSSR count). The Labute approximate surface area is 774 Å². The van der Waals surface area contributed by atoms with Crippen LogP contribution in [0.4, 0.5) is 0 Å². The Hall–Kier alpha value is -13.8. The lowest BCUT2D eigenvalue weighted by Crippen LogP contribution is -2.61. The van der Waals surface area contributed by atoms with Gasteiger partial charge in [-0.1, -0.05) is 88.1 Å². The predicted octanol–water partition coefficient (Wildman–Crippen LogP) is -3.64. The van der Waals surface area contributed by atoms with Crippen LogP contribution in [0.25, 0.3) is 21.8 Å². The largest absolute Gasteiger partial charge is 0.508 e. The van der Waals surface area contributed by atoms with E-state index in [4.69, 9.17) is 17.2 Å². The van der Waals surface area contributed by atoms with Crippen LogP contribution in [0.1, 0.15) is 140 Å².